The Labute approximate surface area is 176 Å². The Morgan fingerprint density at radius 1 is 0.897 bits per heavy atom. The van der Waals surface area contributed by atoms with Gasteiger partial charge >= 0.3 is 0 Å². The zero-order valence-corrected chi connectivity index (χ0v) is 17.2. The molecule has 3 aromatic carbocycles. The van der Waals surface area contributed by atoms with Crippen molar-refractivity contribution in [3.05, 3.63) is 72.3 Å². The Kier molecular flexibility index (Phi) is 5.74. The van der Waals surface area contributed by atoms with Crippen LogP contribution in [0.3, 0.4) is 0 Å². The van der Waals surface area contributed by atoms with Gasteiger partial charge in [-0.1, -0.05) is 30.3 Å². The van der Waals surface area contributed by atoms with Crippen LogP contribution in [0.5, 0.6) is 0 Å². The van der Waals surface area contributed by atoms with Crippen molar-refractivity contribution < 1.29 is 4.79 Å². The van der Waals surface area contributed by atoms with Crippen molar-refractivity contribution in [3.8, 4) is 0 Å². The van der Waals surface area contributed by atoms with E-state index in [0.717, 1.165) is 42.6 Å². The Balaban J connectivity index is 1.35. The van der Waals surface area contributed by atoms with Crippen LogP contribution < -0.4 is 15.5 Å². The number of hydrogen-bond donors (Lipinski definition) is 2. The molecule has 5 nitrogen and oxygen atoms in total. The number of hydrogen-bond acceptors (Lipinski definition) is 4. The van der Waals surface area contributed by atoms with Gasteiger partial charge in [0, 0.05) is 43.1 Å². The van der Waals surface area contributed by atoms with Gasteiger partial charge in [0.15, 0.2) is 5.11 Å². The molecular weight excluding hydrogens is 380 g/mol. The number of anilines is 2. The van der Waals surface area contributed by atoms with Crippen LogP contribution in [0.25, 0.3) is 10.8 Å². The molecule has 1 aliphatic heterocycles. The van der Waals surface area contributed by atoms with E-state index >= 15 is 0 Å². The molecule has 4 rings (SSSR count). The molecule has 1 saturated heterocycles. The Morgan fingerprint density at radius 3 is 2.31 bits per heavy atom. The maximum absolute atomic E-state index is 12.5. The second-order valence-corrected chi connectivity index (χ2v) is 7.72. The third-order valence-electron chi connectivity index (χ3n) is 5.23. The Hall–Kier alpha value is -2.96. The fourth-order valence-electron chi connectivity index (χ4n) is 3.49. The summed E-state index contributed by atoms with van der Waals surface area (Å²) in [5, 5.41) is 8.26. The van der Waals surface area contributed by atoms with Crippen molar-refractivity contribution in [1.82, 2.24) is 10.2 Å². The van der Waals surface area contributed by atoms with Crippen molar-refractivity contribution in [3.63, 3.8) is 0 Å². The highest BCUT2D eigenvalue weighted by atomic mass is 32.1. The summed E-state index contributed by atoms with van der Waals surface area (Å²) in [6, 6.07) is 21.7. The molecule has 0 atom stereocenters. The predicted molar refractivity (Wildman–Crippen MR) is 124 cm³/mol. The second kappa shape index (κ2) is 8.59. The minimum Gasteiger partial charge on any atom is -0.369 e. The molecule has 0 bridgehead atoms. The summed E-state index contributed by atoms with van der Waals surface area (Å²) >= 11 is 5.32. The summed E-state index contributed by atoms with van der Waals surface area (Å²) in [6.07, 6.45) is 0. The number of likely N-dealkylation sites (N-methyl/N-ethyl adjacent to an activating group) is 1. The molecule has 6 heteroatoms. The van der Waals surface area contributed by atoms with Gasteiger partial charge in [-0.3, -0.25) is 10.1 Å². The van der Waals surface area contributed by atoms with Crippen molar-refractivity contribution in [2.75, 3.05) is 43.4 Å². The quantitative estimate of drug-likeness (QED) is 0.652. The number of piperazine rings is 1. The van der Waals surface area contributed by atoms with E-state index in [0.29, 0.717) is 5.56 Å². The van der Waals surface area contributed by atoms with E-state index in [1.54, 1.807) is 0 Å². The van der Waals surface area contributed by atoms with Crippen LogP contribution in [0.2, 0.25) is 0 Å². The van der Waals surface area contributed by atoms with E-state index < -0.39 is 0 Å². The van der Waals surface area contributed by atoms with Crippen LogP contribution in [-0.2, 0) is 0 Å². The van der Waals surface area contributed by atoms with Gasteiger partial charge in [-0.05, 0) is 66.4 Å². The lowest BCUT2D eigenvalue weighted by atomic mass is 10.1. The van der Waals surface area contributed by atoms with Crippen molar-refractivity contribution in [2.24, 2.45) is 0 Å². The SMILES string of the molecule is CN1CCN(c2ccc(NC(=S)NC(=O)c3ccc4ccccc4c3)cc2)CC1. The molecule has 1 fully saturated rings. The van der Waals surface area contributed by atoms with Gasteiger partial charge in [0.2, 0.25) is 0 Å². The van der Waals surface area contributed by atoms with Gasteiger partial charge < -0.3 is 15.1 Å². The lowest BCUT2D eigenvalue weighted by Gasteiger charge is -2.34. The summed E-state index contributed by atoms with van der Waals surface area (Å²) in [5.41, 5.74) is 2.64. The number of fused-ring (bicyclic) bond motifs is 1. The summed E-state index contributed by atoms with van der Waals surface area (Å²) in [4.78, 5) is 17.2. The first-order valence-electron chi connectivity index (χ1n) is 9.73. The first-order chi connectivity index (χ1) is 14.1. The molecule has 0 unspecified atom stereocenters. The van der Waals surface area contributed by atoms with E-state index in [9.17, 15) is 4.79 Å². The molecule has 0 saturated carbocycles. The van der Waals surface area contributed by atoms with Crippen molar-refractivity contribution >= 4 is 45.4 Å². The number of amides is 1. The minimum absolute atomic E-state index is 0.220. The number of thiocarbonyl (C=S) groups is 1. The average Bonchev–Trinajstić information content (AvgIpc) is 2.74. The average molecular weight is 405 g/mol. The summed E-state index contributed by atoms with van der Waals surface area (Å²) < 4.78 is 0. The third-order valence-corrected chi connectivity index (χ3v) is 5.44. The first kappa shape index (κ1) is 19.4. The van der Waals surface area contributed by atoms with Crippen LogP contribution in [0.4, 0.5) is 11.4 Å². The van der Waals surface area contributed by atoms with Gasteiger partial charge in [0.25, 0.3) is 5.91 Å². The smallest absolute Gasteiger partial charge is 0.257 e. The van der Waals surface area contributed by atoms with E-state index in [2.05, 4.69) is 39.6 Å². The molecule has 148 valence electrons. The van der Waals surface area contributed by atoms with Crippen LogP contribution in [0.15, 0.2) is 66.7 Å². The maximum atomic E-state index is 12.5. The highest BCUT2D eigenvalue weighted by molar-refractivity contribution is 7.80. The largest absolute Gasteiger partial charge is 0.369 e. The van der Waals surface area contributed by atoms with Crippen LogP contribution in [0.1, 0.15) is 10.4 Å². The van der Waals surface area contributed by atoms with Gasteiger partial charge in [-0.15, -0.1) is 0 Å². The predicted octanol–water partition coefficient (Wildman–Crippen LogP) is 3.72. The van der Waals surface area contributed by atoms with Crippen LogP contribution in [0, 0.1) is 0 Å². The molecule has 0 aliphatic carbocycles. The van der Waals surface area contributed by atoms with Crippen LogP contribution in [-0.4, -0.2) is 49.1 Å². The first-order valence-corrected chi connectivity index (χ1v) is 10.1. The molecule has 0 aromatic heterocycles. The molecule has 0 radical (unpaired) electrons. The van der Waals surface area contributed by atoms with Gasteiger partial charge in [-0.25, -0.2) is 0 Å². The fourth-order valence-corrected chi connectivity index (χ4v) is 3.70. The zero-order valence-electron chi connectivity index (χ0n) is 16.4. The molecule has 0 spiro atoms. The molecule has 1 heterocycles. The highest BCUT2D eigenvalue weighted by Gasteiger charge is 2.14. The van der Waals surface area contributed by atoms with Gasteiger partial charge in [-0.2, -0.15) is 0 Å². The molecule has 1 aliphatic rings. The van der Waals surface area contributed by atoms with E-state index in [1.807, 2.05) is 54.6 Å². The number of nitrogens with zero attached hydrogens (tertiary/aromatic N) is 2. The van der Waals surface area contributed by atoms with Gasteiger partial charge in [0.1, 0.15) is 0 Å². The van der Waals surface area contributed by atoms with Crippen molar-refractivity contribution in [2.45, 2.75) is 0 Å². The number of benzene rings is 3. The van der Waals surface area contributed by atoms with Crippen molar-refractivity contribution in [1.29, 1.82) is 0 Å². The van der Waals surface area contributed by atoms with Gasteiger partial charge in [0.05, 0.1) is 0 Å². The summed E-state index contributed by atoms with van der Waals surface area (Å²) in [5.74, 6) is -0.220. The molecule has 3 aromatic rings. The van der Waals surface area contributed by atoms with E-state index in [1.165, 1.54) is 5.69 Å². The number of rotatable bonds is 3. The van der Waals surface area contributed by atoms with E-state index in [-0.39, 0.29) is 11.0 Å². The number of nitrogens with one attached hydrogen (secondary N) is 2. The lowest BCUT2D eigenvalue weighted by Crippen LogP contribution is -2.44. The molecular formula is C23H24N4OS. The number of carbonyl (C=O) groups excluding carboxylic acids is 1. The monoisotopic (exact) mass is 404 g/mol. The normalized spacial score (nSPS) is 14.6. The Morgan fingerprint density at radius 2 is 1.59 bits per heavy atom. The lowest BCUT2D eigenvalue weighted by molar-refractivity contribution is 0.0978. The Bertz CT molecular complexity index is 1030. The zero-order chi connectivity index (χ0) is 20.2. The highest BCUT2D eigenvalue weighted by Crippen LogP contribution is 2.19. The summed E-state index contributed by atoms with van der Waals surface area (Å²) in [6.45, 7) is 4.21. The summed E-state index contributed by atoms with van der Waals surface area (Å²) in [7, 11) is 2.15. The third kappa shape index (κ3) is 4.72. The standard InChI is InChI=1S/C23H24N4OS/c1-26-12-14-27(15-13-26)21-10-8-20(9-11-21)24-23(29)25-22(28)19-7-6-17-4-2-3-5-18(17)16-19/h2-11,16H,12-15H2,1H3,(H2,24,25,28,29). The maximum Gasteiger partial charge on any atom is 0.257 e. The fraction of sp³-hybridized carbons (Fsp3) is 0.217. The van der Waals surface area contributed by atoms with E-state index in [4.69, 9.17) is 12.2 Å². The second-order valence-electron chi connectivity index (χ2n) is 7.31. The number of carbonyl (C=O) groups is 1. The topological polar surface area (TPSA) is 47.6 Å². The van der Waals surface area contributed by atoms with Crippen LogP contribution >= 0.6 is 12.2 Å². The molecule has 2 N–H and O–H groups in total. The molecule has 29 heavy (non-hydrogen) atoms. The minimum atomic E-state index is -0.220. The molecule has 1 amide bonds.